The molecule has 1 aromatic heterocycles. The molecule has 0 fully saturated rings. The summed E-state index contributed by atoms with van der Waals surface area (Å²) in [5.74, 6) is 0.151. The Morgan fingerprint density at radius 3 is 2.73 bits per heavy atom. The number of phenolic OH excluding ortho intramolecular Hbond substituents is 1. The van der Waals surface area contributed by atoms with Gasteiger partial charge in [-0.05, 0) is 29.0 Å². The summed E-state index contributed by atoms with van der Waals surface area (Å²) in [7, 11) is 0. The summed E-state index contributed by atoms with van der Waals surface area (Å²) in [6, 6.07) is 19.9. The zero-order valence-electron chi connectivity index (χ0n) is 15.4. The highest BCUT2D eigenvalue weighted by Crippen LogP contribution is 2.28. The Morgan fingerprint density at radius 1 is 1.17 bits per heavy atom. The highest BCUT2D eigenvalue weighted by atomic mass is 79.9. The SMILES string of the molecule is N#Cc1c(-c2ccccc2)nc(NN=Cc2c(O)ccc3cc(Br)ccc23)[nH]c1=O. The number of hydrogen-bond donors (Lipinski definition) is 3. The molecule has 0 amide bonds. The molecule has 0 aliphatic rings. The second kappa shape index (κ2) is 8.19. The lowest BCUT2D eigenvalue weighted by atomic mass is 10.0. The third-order valence-electron chi connectivity index (χ3n) is 4.44. The molecule has 3 aromatic carbocycles. The first kappa shape index (κ1) is 19.4. The summed E-state index contributed by atoms with van der Waals surface area (Å²) in [5.41, 5.74) is 3.45. The van der Waals surface area contributed by atoms with Gasteiger partial charge in [0.05, 0.1) is 11.9 Å². The van der Waals surface area contributed by atoms with Gasteiger partial charge < -0.3 is 5.11 Å². The van der Waals surface area contributed by atoms with Crippen LogP contribution in [0.1, 0.15) is 11.1 Å². The number of nitrogens with one attached hydrogen (secondary N) is 2. The first-order valence-corrected chi connectivity index (χ1v) is 9.66. The quantitative estimate of drug-likeness (QED) is 0.309. The Kier molecular flexibility index (Phi) is 5.28. The van der Waals surface area contributed by atoms with Crippen LogP contribution in [-0.4, -0.2) is 21.3 Å². The van der Waals surface area contributed by atoms with E-state index in [1.165, 1.54) is 6.21 Å². The van der Waals surface area contributed by atoms with Crippen molar-refractivity contribution in [2.75, 3.05) is 5.43 Å². The zero-order chi connectivity index (χ0) is 21.1. The van der Waals surface area contributed by atoms with E-state index in [0.29, 0.717) is 11.1 Å². The maximum atomic E-state index is 12.3. The van der Waals surface area contributed by atoms with Crippen molar-refractivity contribution in [3.8, 4) is 23.1 Å². The fourth-order valence-electron chi connectivity index (χ4n) is 3.04. The fraction of sp³-hybridized carbons (Fsp3) is 0. The van der Waals surface area contributed by atoms with E-state index in [9.17, 15) is 15.2 Å². The summed E-state index contributed by atoms with van der Waals surface area (Å²) in [4.78, 5) is 19.1. The Balaban J connectivity index is 1.70. The van der Waals surface area contributed by atoms with Gasteiger partial charge in [-0.15, -0.1) is 0 Å². The number of hydrogen-bond acceptors (Lipinski definition) is 6. The molecular weight excluding hydrogens is 446 g/mol. The molecule has 0 radical (unpaired) electrons. The number of fused-ring (bicyclic) bond motifs is 1. The minimum absolute atomic E-state index is 0.0710. The molecule has 4 aromatic rings. The van der Waals surface area contributed by atoms with Gasteiger partial charge >= 0.3 is 0 Å². The number of phenols is 1. The van der Waals surface area contributed by atoms with E-state index < -0.39 is 5.56 Å². The minimum Gasteiger partial charge on any atom is -0.507 e. The summed E-state index contributed by atoms with van der Waals surface area (Å²) < 4.78 is 0.925. The largest absolute Gasteiger partial charge is 0.507 e. The van der Waals surface area contributed by atoms with E-state index in [4.69, 9.17) is 0 Å². The van der Waals surface area contributed by atoms with E-state index in [0.717, 1.165) is 15.2 Å². The van der Waals surface area contributed by atoms with Crippen molar-refractivity contribution in [3.63, 3.8) is 0 Å². The van der Waals surface area contributed by atoms with Crippen LogP contribution in [0.5, 0.6) is 5.75 Å². The van der Waals surface area contributed by atoms with E-state index >= 15 is 0 Å². The number of anilines is 1. The van der Waals surface area contributed by atoms with E-state index in [-0.39, 0.29) is 23.0 Å². The maximum Gasteiger partial charge on any atom is 0.270 e. The summed E-state index contributed by atoms with van der Waals surface area (Å²) >= 11 is 3.43. The molecule has 0 atom stereocenters. The third kappa shape index (κ3) is 3.79. The van der Waals surface area contributed by atoms with Crippen LogP contribution in [0.15, 0.2) is 75.0 Å². The molecule has 7 nitrogen and oxygen atoms in total. The van der Waals surface area contributed by atoms with Gasteiger partial charge in [0.15, 0.2) is 0 Å². The van der Waals surface area contributed by atoms with Crippen molar-refractivity contribution < 1.29 is 5.11 Å². The van der Waals surface area contributed by atoms with Crippen LogP contribution < -0.4 is 11.0 Å². The number of aromatic amines is 1. The second-order valence-corrected chi connectivity index (χ2v) is 7.27. The Bertz CT molecular complexity index is 1370. The van der Waals surface area contributed by atoms with Crippen LogP contribution in [0.25, 0.3) is 22.0 Å². The molecule has 0 saturated carbocycles. The lowest BCUT2D eigenvalue weighted by Crippen LogP contribution is -2.16. The van der Waals surface area contributed by atoms with Crippen LogP contribution in [0.4, 0.5) is 5.95 Å². The molecule has 30 heavy (non-hydrogen) atoms. The van der Waals surface area contributed by atoms with Crippen molar-refractivity contribution in [1.82, 2.24) is 9.97 Å². The molecule has 0 bridgehead atoms. The van der Waals surface area contributed by atoms with E-state index in [1.54, 1.807) is 30.3 Å². The smallest absolute Gasteiger partial charge is 0.270 e. The van der Waals surface area contributed by atoms with Gasteiger partial charge in [0.1, 0.15) is 17.4 Å². The number of halogens is 1. The minimum atomic E-state index is -0.568. The van der Waals surface area contributed by atoms with Crippen molar-refractivity contribution in [3.05, 3.63) is 86.6 Å². The van der Waals surface area contributed by atoms with Crippen molar-refractivity contribution in [2.24, 2.45) is 5.10 Å². The average Bonchev–Trinajstić information content (AvgIpc) is 2.75. The average molecular weight is 460 g/mol. The maximum absolute atomic E-state index is 12.3. The Labute approximate surface area is 179 Å². The number of rotatable bonds is 4. The van der Waals surface area contributed by atoms with Crippen LogP contribution in [0.3, 0.4) is 0 Å². The van der Waals surface area contributed by atoms with Gasteiger partial charge in [-0.25, -0.2) is 10.4 Å². The second-order valence-electron chi connectivity index (χ2n) is 6.35. The summed E-state index contributed by atoms with van der Waals surface area (Å²) in [6.45, 7) is 0. The van der Waals surface area contributed by atoms with Crippen LogP contribution in [-0.2, 0) is 0 Å². The summed E-state index contributed by atoms with van der Waals surface area (Å²) in [5, 5.41) is 25.4. The fourth-order valence-corrected chi connectivity index (χ4v) is 3.42. The molecule has 0 saturated heterocycles. The number of hydrazone groups is 1. The summed E-state index contributed by atoms with van der Waals surface area (Å²) in [6.07, 6.45) is 1.45. The molecule has 8 heteroatoms. The highest BCUT2D eigenvalue weighted by Gasteiger charge is 2.13. The monoisotopic (exact) mass is 459 g/mol. The van der Waals surface area contributed by atoms with Crippen LogP contribution in [0.2, 0.25) is 0 Å². The topological polar surface area (TPSA) is 114 Å². The standard InChI is InChI=1S/C22H14BrN5O2/c23-15-7-8-16-14(10-15)6-9-19(29)18(16)12-25-28-22-26-20(13-4-2-1-3-5-13)17(11-24)21(30)27-22/h1-10,12,29H,(H2,26,27,28,30). The number of nitrogens with zero attached hydrogens (tertiary/aromatic N) is 3. The first-order chi connectivity index (χ1) is 14.6. The molecule has 146 valence electrons. The predicted molar refractivity (Wildman–Crippen MR) is 120 cm³/mol. The molecule has 0 aliphatic heterocycles. The van der Waals surface area contributed by atoms with Gasteiger partial charge in [0.25, 0.3) is 5.56 Å². The Hall–Kier alpha value is -3.96. The molecule has 1 heterocycles. The van der Waals surface area contributed by atoms with Crippen LogP contribution in [0, 0.1) is 11.3 Å². The lowest BCUT2D eigenvalue weighted by molar-refractivity contribution is 0.475. The van der Waals surface area contributed by atoms with E-state index in [1.807, 2.05) is 36.4 Å². The number of benzene rings is 3. The number of H-pyrrole nitrogens is 1. The molecule has 0 unspecified atom stereocenters. The molecule has 4 rings (SSSR count). The van der Waals surface area contributed by atoms with Crippen LogP contribution >= 0.6 is 15.9 Å². The van der Waals surface area contributed by atoms with Crippen molar-refractivity contribution in [2.45, 2.75) is 0 Å². The highest BCUT2D eigenvalue weighted by molar-refractivity contribution is 9.10. The molecular formula is C22H14BrN5O2. The van der Waals surface area contributed by atoms with Crippen molar-refractivity contribution in [1.29, 1.82) is 5.26 Å². The van der Waals surface area contributed by atoms with Gasteiger partial charge in [-0.3, -0.25) is 9.78 Å². The number of aromatic nitrogens is 2. The zero-order valence-corrected chi connectivity index (χ0v) is 17.0. The van der Waals surface area contributed by atoms with Gasteiger partial charge in [-0.2, -0.15) is 10.4 Å². The predicted octanol–water partition coefficient (Wildman–Crippen LogP) is 4.38. The third-order valence-corrected chi connectivity index (χ3v) is 4.94. The van der Waals surface area contributed by atoms with Crippen molar-refractivity contribution >= 4 is 38.9 Å². The van der Waals surface area contributed by atoms with E-state index in [2.05, 4.69) is 36.4 Å². The number of nitriles is 1. The number of aromatic hydroxyl groups is 1. The Morgan fingerprint density at radius 2 is 1.97 bits per heavy atom. The molecule has 3 N–H and O–H groups in total. The lowest BCUT2D eigenvalue weighted by Gasteiger charge is -2.07. The van der Waals surface area contributed by atoms with Gasteiger partial charge in [0.2, 0.25) is 5.95 Å². The van der Waals surface area contributed by atoms with Gasteiger partial charge in [0, 0.05) is 15.6 Å². The molecule has 0 aliphatic carbocycles. The molecule has 0 spiro atoms. The normalized spacial score (nSPS) is 10.9. The van der Waals surface area contributed by atoms with Gasteiger partial charge in [-0.1, -0.05) is 58.4 Å². The first-order valence-electron chi connectivity index (χ1n) is 8.87.